The average Bonchev–Trinajstić information content (AvgIpc) is 1.69. The molecule has 0 rings (SSSR count). The maximum absolute atomic E-state index is 10.4. The van der Waals surface area contributed by atoms with E-state index in [1.165, 1.54) is 11.8 Å². The van der Waals surface area contributed by atoms with Gasteiger partial charge in [0.1, 0.15) is 0 Å². The molecule has 0 saturated carbocycles. The van der Waals surface area contributed by atoms with Crippen molar-refractivity contribution in [3.8, 4) is 0 Å². The van der Waals surface area contributed by atoms with E-state index in [1.54, 1.807) is 0 Å². The summed E-state index contributed by atoms with van der Waals surface area (Å²) in [6.07, 6.45) is 0. The standard InChI is InChI=1S/C4H9NOS2/c1-4(6)5(2-7)3-8/h7-8H,2-3H2,1H3. The molecular weight excluding hydrogens is 142 g/mol. The number of carbonyl (C=O) groups is 1. The molecule has 0 aliphatic rings. The Kier molecular flexibility index (Phi) is 4.18. The molecule has 8 heavy (non-hydrogen) atoms. The molecule has 48 valence electrons. The van der Waals surface area contributed by atoms with Crippen LogP contribution >= 0.6 is 25.3 Å². The lowest BCUT2D eigenvalue weighted by Crippen LogP contribution is -2.25. The fourth-order valence-electron chi connectivity index (χ4n) is 0.244. The molecule has 4 heteroatoms. The predicted octanol–water partition coefficient (Wildman–Crippen LogP) is 0.609. The van der Waals surface area contributed by atoms with Gasteiger partial charge in [-0.25, -0.2) is 0 Å². The summed E-state index contributed by atoms with van der Waals surface area (Å²) in [4.78, 5) is 11.9. The fraction of sp³-hybridized carbons (Fsp3) is 0.750. The van der Waals surface area contributed by atoms with E-state index in [1.807, 2.05) is 0 Å². The van der Waals surface area contributed by atoms with E-state index in [4.69, 9.17) is 0 Å². The summed E-state index contributed by atoms with van der Waals surface area (Å²) in [6.45, 7) is 1.49. The highest BCUT2D eigenvalue weighted by Crippen LogP contribution is 1.92. The highest BCUT2D eigenvalue weighted by molar-refractivity contribution is 7.81. The molecule has 0 aliphatic heterocycles. The normalized spacial score (nSPS) is 8.88. The molecular formula is C4H9NOS2. The van der Waals surface area contributed by atoms with Crippen molar-refractivity contribution >= 4 is 31.2 Å². The fourth-order valence-corrected chi connectivity index (χ4v) is 1.000. The van der Waals surface area contributed by atoms with Crippen LogP contribution in [0.15, 0.2) is 0 Å². The molecule has 0 heterocycles. The molecule has 0 bridgehead atoms. The molecule has 2 nitrogen and oxygen atoms in total. The van der Waals surface area contributed by atoms with Gasteiger partial charge in [-0.2, -0.15) is 25.3 Å². The first-order chi connectivity index (χ1) is 3.72. The van der Waals surface area contributed by atoms with Gasteiger partial charge >= 0.3 is 0 Å². The zero-order valence-corrected chi connectivity index (χ0v) is 6.45. The lowest BCUT2D eigenvalue weighted by molar-refractivity contribution is -0.126. The number of hydrogen-bond donors (Lipinski definition) is 2. The summed E-state index contributed by atoms with van der Waals surface area (Å²) in [5.41, 5.74) is 0. The second kappa shape index (κ2) is 4.09. The summed E-state index contributed by atoms with van der Waals surface area (Å²) in [6, 6.07) is 0. The quantitative estimate of drug-likeness (QED) is 0.438. The van der Waals surface area contributed by atoms with Gasteiger partial charge in [-0.1, -0.05) is 0 Å². The van der Waals surface area contributed by atoms with Crippen molar-refractivity contribution in [3.63, 3.8) is 0 Å². The predicted molar refractivity (Wildman–Crippen MR) is 40.2 cm³/mol. The first-order valence-electron chi connectivity index (χ1n) is 2.19. The lowest BCUT2D eigenvalue weighted by Gasteiger charge is -2.13. The maximum Gasteiger partial charge on any atom is 0.220 e. The highest BCUT2D eigenvalue weighted by atomic mass is 32.1. The topological polar surface area (TPSA) is 20.3 Å². The summed E-state index contributed by atoms with van der Waals surface area (Å²) >= 11 is 7.78. The molecule has 0 aromatic carbocycles. The van der Waals surface area contributed by atoms with Crippen LogP contribution in [0.2, 0.25) is 0 Å². The van der Waals surface area contributed by atoms with Gasteiger partial charge in [0.05, 0.1) is 11.8 Å². The van der Waals surface area contributed by atoms with Crippen molar-refractivity contribution in [2.75, 3.05) is 11.8 Å². The zero-order chi connectivity index (χ0) is 6.57. The zero-order valence-electron chi connectivity index (χ0n) is 4.66. The van der Waals surface area contributed by atoms with Crippen molar-refractivity contribution in [1.29, 1.82) is 0 Å². The summed E-state index contributed by atoms with van der Waals surface area (Å²) in [7, 11) is 0. The molecule has 0 aromatic rings. The second-order valence-corrected chi connectivity index (χ2v) is 1.91. The minimum Gasteiger partial charge on any atom is -0.325 e. The molecule has 0 atom stereocenters. The highest BCUT2D eigenvalue weighted by Gasteiger charge is 2.00. The molecule has 0 spiro atoms. The first-order valence-corrected chi connectivity index (χ1v) is 3.46. The van der Waals surface area contributed by atoms with Gasteiger partial charge in [0, 0.05) is 6.92 Å². The molecule has 0 aliphatic carbocycles. The Morgan fingerprint density at radius 2 is 1.88 bits per heavy atom. The van der Waals surface area contributed by atoms with E-state index in [0.717, 1.165) is 0 Å². The van der Waals surface area contributed by atoms with Crippen LogP contribution in [0, 0.1) is 0 Å². The maximum atomic E-state index is 10.4. The third kappa shape index (κ3) is 2.47. The van der Waals surface area contributed by atoms with Crippen LogP contribution < -0.4 is 0 Å². The molecule has 0 unspecified atom stereocenters. The second-order valence-electron chi connectivity index (χ2n) is 1.34. The minimum atomic E-state index is 0.00926. The van der Waals surface area contributed by atoms with Crippen LogP contribution in [0.5, 0.6) is 0 Å². The van der Waals surface area contributed by atoms with Gasteiger partial charge < -0.3 is 4.90 Å². The Bertz CT molecular complexity index is 82.1. The van der Waals surface area contributed by atoms with E-state index in [0.29, 0.717) is 11.8 Å². The number of hydrogen-bond acceptors (Lipinski definition) is 3. The van der Waals surface area contributed by atoms with Crippen LogP contribution in [0.1, 0.15) is 6.92 Å². The van der Waals surface area contributed by atoms with Crippen LogP contribution in [0.4, 0.5) is 0 Å². The third-order valence-corrected chi connectivity index (χ3v) is 1.47. The van der Waals surface area contributed by atoms with Gasteiger partial charge in [0.15, 0.2) is 0 Å². The van der Waals surface area contributed by atoms with Crippen molar-refractivity contribution in [2.24, 2.45) is 0 Å². The SMILES string of the molecule is CC(=O)N(CS)CS. The van der Waals surface area contributed by atoms with E-state index in [9.17, 15) is 4.79 Å². The van der Waals surface area contributed by atoms with Crippen LogP contribution in [0.25, 0.3) is 0 Å². The van der Waals surface area contributed by atoms with E-state index < -0.39 is 0 Å². The Morgan fingerprint density at radius 3 is 1.88 bits per heavy atom. The van der Waals surface area contributed by atoms with E-state index in [2.05, 4.69) is 25.3 Å². The van der Waals surface area contributed by atoms with Gasteiger partial charge in [-0.05, 0) is 0 Å². The molecule has 0 saturated heterocycles. The summed E-state index contributed by atoms with van der Waals surface area (Å²) < 4.78 is 0. The molecule has 0 radical (unpaired) electrons. The average molecular weight is 151 g/mol. The van der Waals surface area contributed by atoms with Crippen LogP contribution in [-0.2, 0) is 4.79 Å². The lowest BCUT2D eigenvalue weighted by atomic mass is 10.6. The van der Waals surface area contributed by atoms with Crippen molar-refractivity contribution in [2.45, 2.75) is 6.92 Å². The number of carbonyl (C=O) groups excluding carboxylic acids is 1. The first kappa shape index (κ1) is 8.17. The molecule has 0 aromatic heterocycles. The van der Waals surface area contributed by atoms with Gasteiger partial charge in [0.25, 0.3) is 0 Å². The largest absolute Gasteiger partial charge is 0.325 e. The Morgan fingerprint density at radius 1 is 1.50 bits per heavy atom. The van der Waals surface area contributed by atoms with E-state index >= 15 is 0 Å². The smallest absolute Gasteiger partial charge is 0.220 e. The van der Waals surface area contributed by atoms with Crippen molar-refractivity contribution in [1.82, 2.24) is 4.90 Å². The van der Waals surface area contributed by atoms with E-state index in [-0.39, 0.29) is 5.91 Å². The Balaban J connectivity index is 3.52. The Hall–Kier alpha value is 0.170. The monoisotopic (exact) mass is 151 g/mol. The summed E-state index contributed by atoms with van der Waals surface area (Å²) in [5.74, 6) is 0.896. The Labute approximate surface area is 60.1 Å². The van der Waals surface area contributed by atoms with Gasteiger partial charge in [0.2, 0.25) is 5.91 Å². The number of rotatable bonds is 2. The number of amides is 1. The van der Waals surface area contributed by atoms with Crippen LogP contribution in [-0.4, -0.2) is 22.6 Å². The minimum absolute atomic E-state index is 0.00926. The van der Waals surface area contributed by atoms with Gasteiger partial charge in [-0.15, -0.1) is 0 Å². The number of thiol groups is 2. The van der Waals surface area contributed by atoms with Gasteiger partial charge in [-0.3, -0.25) is 4.79 Å². The van der Waals surface area contributed by atoms with Crippen LogP contribution in [0.3, 0.4) is 0 Å². The summed E-state index contributed by atoms with van der Waals surface area (Å²) in [5, 5.41) is 0. The molecule has 0 N–H and O–H groups in total. The third-order valence-electron chi connectivity index (χ3n) is 0.787. The molecule has 1 amide bonds. The van der Waals surface area contributed by atoms with Crippen molar-refractivity contribution < 1.29 is 4.79 Å². The molecule has 0 fully saturated rings. The number of nitrogens with zero attached hydrogens (tertiary/aromatic N) is 1. The van der Waals surface area contributed by atoms with Crippen molar-refractivity contribution in [3.05, 3.63) is 0 Å².